The predicted octanol–water partition coefficient (Wildman–Crippen LogP) is 3.15. The Balaban J connectivity index is 0.00000109. The molecule has 1 amide bonds. The Morgan fingerprint density at radius 3 is 2.68 bits per heavy atom. The number of ether oxygens (including phenoxy) is 1. The number of methoxy groups -OCH3 is 1. The minimum Gasteiger partial charge on any atom is -0.453 e. The molecule has 25 heavy (non-hydrogen) atoms. The summed E-state index contributed by atoms with van der Waals surface area (Å²) in [6, 6.07) is 4.77. The van der Waals surface area contributed by atoms with Crippen molar-refractivity contribution in [1.82, 2.24) is 15.0 Å². The molecule has 1 saturated heterocycles. The predicted molar refractivity (Wildman–Crippen MR) is 89.2 cm³/mol. The fourth-order valence-electron chi connectivity index (χ4n) is 2.38. The first kappa shape index (κ1) is 18.4. The fourth-order valence-corrected chi connectivity index (χ4v) is 2.38. The first-order valence-corrected chi connectivity index (χ1v) is 7.91. The Hall–Kier alpha value is -2.97. The van der Waals surface area contributed by atoms with Crippen molar-refractivity contribution >= 4 is 11.8 Å². The zero-order chi connectivity index (χ0) is 18.6. The van der Waals surface area contributed by atoms with Gasteiger partial charge < -0.3 is 14.2 Å². The summed E-state index contributed by atoms with van der Waals surface area (Å²) in [4.78, 5) is 27.6. The van der Waals surface area contributed by atoms with Crippen LogP contribution >= 0.6 is 0 Å². The van der Waals surface area contributed by atoms with Crippen LogP contribution in [0.1, 0.15) is 31.2 Å². The van der Waals surface area contributed by atoms with Crippen LogP contribution in [-0.4, -0.2) is 46.3 Å². The summed E-state index contributed by atoms with van der Waals surface area (Å²) in [6.07, 6.45) is -0.393. The Morgan fingerprint density at radius 2 is 2.08 bits per heavy atom. The van der Waals surface area contributed by atoms with E-state index in [0.29, 0.717) is 35.9 Å². The van der Waals surface area contributed by atoms with Crippen LogP contribution < -0.4 is 0 Å². The van der Waals surface area contributed by atoms with Crippen molar-refractivity contribution in [3.05, 3.63) is 39.8 Å². The molecule has 1 aliphatic heterocycles. The van der Waals surface area contributed by atoms with Gasteiger partial charge in [-0.25, -0.2) is 4.79 Å². The minimum atomic E-state index is -0.444. The molecule has 1 aromatic carbocycles. The zero-order valence-corrected chi connectivity index (χ0v) is 14.6. The standard InChI is InChI=1S/C14H14N4O5.C2H6/c1-8-3-4-9(5-11(8)18(20)21)12-15-13(23-16-12)10-6-17(7-10)14(19)22-2;1-2/h3-5,10H,6-7H2,1-2H3;1-2H3. The van der Waals surface area contributed by atoms with Gasteiger partial charge in [-0.1, -0.05) is 31.1 Å². The highest BCUT2D eigenvalue weighted by Gasteiger charge is 2.36. The second-order valence-corrected chi connectivity index (χ2v) is 5.29. The van der Waals surface area contributed by atoms with Crippen molar-refractivity contribution < 1.29 is 19.0 Å². The van der Waals surface area contributed by atoms with Crippen LogP contribution in [0.2, 0.25) is 0 Å². The van der Waals surface area contributed by atoms with E-state index in [1.807, 2.05) is 13.8 Å². The minimum absolute atomic E-state index is 0.00867. The lowest BCUT2D eigenvalue weighted by molar-refractivity contribution is -0.385. The summed E-state index contributed by atoms with van der Waals surface area (Å²) < 4.78 is 9.82. The smallest absolute Gasteiger partial charge is 0.409 e. The Kier molecular flexibility index (Phi) is 5.68. The Morgan fingerprint density at radius 1 is 1.40 bits per heavy atom. The topological polar surface area (TPSA) is 112 Å². The van der Waals surface area contributed by atoms with E-state index in [1.54, 1.807) is 19.1 Å². The second kappa shape index (κ2) is 7.73. The van der Waals surface area contributed by atoms with E-state index in [-0.39, 0.29) is 11.6 Å². The van der Waals surface area contributed by atoms with Gasteiger partial charge in [-0.15, -0.1) is 0 Å². The van der Waals surface area contributed by atoms with E-state index < -0.39 is 11.0 Å². The van der Waals surface area contributed by atoms with Crippen molar-refractivity contribution in [3.63, 3.8) is 0 Å². The summed E-state index contributed by atoms with van der Waals surface area (Å²) in [5.74, 6) is 0.652. The molecule has 134 valence electrons. The number of nitrogens with zero attached hydrogens (tertiary/aromatic N) is 4. The van der Waals surface area contributed by atoms with E-state index >= 15 is 0 Å². The first-order chi connectivity index (χ1) is 12.0. The number of nitro groups is 1. The number of aromatic nitrogens is 2. The number of likely N-dealkylation sites (tertiary alicyclic amines) is 1. The number of hydrogen-bond donors (Lipinski definition) is 0. The van der Waals surface area contributed by atoms with Crippen LogP contribution in [0.5, 0.6) is 0 Å². The van der Waals surface area contributed by atoms with Crippen molar-refractivity contribution in [3.8, 4) is 11.4 Å². The monoisotopic (exact) mass is 348 g/mol. The highest BCUT2D eigenvalue weighted by Crippen LogP contribution is 2.29. The molecule has 0 radical (unpaired) electrons. The number of amides is 1. The molecule has 0 atom stereocenters. The summed E-state index contributed by atoms with van der Waals surface area (Å²) >= 11 is 0. The van der Waals surface area contributed by atoms with Gasteiger partial charge in [0, 0.05) is 30.3 Å². The molecule has 1 fully saturated rings. The molecule has 2 aromatic rings. The van der Waals surface area contributed by atoms with Gasteiger partial charge in [0.2, 0.25) is 11.7 Å². The maximum atomic E-state index is 11.3. The van der Waals surface area contributed by atoms with Crippen molar-refractivity contribution in [2.24, 2.45) is 0 Å². The Bertz CT molecular complexity index is 768. The first-order valence-electron chi connectivity index (χ1n) is 7.91. The van der Waals surface area contributed by atoms with Crippen molar-refractivity contribution in [2.45, 2.75) is 26.7 Å². The lowest BCUT2D eigenvalue weighted by Gasteiger charge is -2.35. The summed E-state index contributed by atoms with van der Waals surface area (Å²) in [6.45, 7) is 6.56. The second-order valence-electron chi connectivity index (χ2n) is 5.29. The van der Waals surface area contributed by atoms with Gasteiger partial charge in [-0.2, -0.15) is 4.98 Å². The van der Waals surface area contributed by atoms with Gasteiger partial charge in [0.15, 0.2) is 0 Å². The number of rotatable bonds is 3. The zero-order valence-electron chi connectivity index (χ0n) is 14.6. The molecule has 0 spiro atoms. The lowest BCUT2D eigenvalue weighted by atomic mass is 10.0. The van der Waals surface area contributed by atoms with E-state index in [4.69, 9.17) is 4.52 Å². The number of carbonyl (C=O) groups excluding carboxylic acids is 1. The average Bonchev–Trinajstić information content (AvgIpc) is 3.04. The van der Waals surface area contributed by atoms with Gasteiger partial charge >= 0.3 is 6.09 Å². The molecule has 2 heterocycles. The van der Waals surface area contributed by atoms with E-state index in [1.165, 1.54) is 18.1 Å². The number of hydrogen-bond acceptors (Lipinski definition) is 7. The van der Waals surface area contributed by atoms with E-state index in [2.05, 4.69) is 14.9 Å². The van der Waals surface area contributed by atoms with Gasteiger partial charge in [0.05, 0.1) is 18.0 Å². The van der Waals surface area contributed by atoms with Crippen LogP contribution in [0.25, 0.3) is 11.4 Å². The average molecular weight is 348 g/mol. The van der Waals surface area contributed by atoms with E-state index in [9.17, 15) is 14.9 Å². The highest BCUT2D eigenvalue weighted by molar-refractivity contribution is 5.68. The van der Waals surface area contributed by atoms with Crippen LogP contribution in [0, 0.1) is 17.0 Å². The molecule has 0 bridgehead atoms. The summed E-state index contributed by atoms with van der Waals surface area (Å²) in [5, 5.41) is 14.9. The molecule has 0 unspecified atom stereocenters. The normalized spacial score (nSPS) is 13.5. The molecule has 9 nitrogen and oxygen atoms in total. The maximum Gasteiger partial charge on any atom is 0.409 e. The lowest BCUT2D eigenvalue weighted by Crippen LogP contribution is -2.48. The molecular formula is C16H20N4O5. The molecule has 1 aliphatic rings. The summed E-state index contributed by atoms with van der Waals surface area (Å²) in [7, 11) is 1.32. The van der Waals surface area contributed by atoms with Crippen LogP contribution in [0.3, 0.4) is 0 Å². The van der Waals surface area contributed by atoms with Crippen molar-refractivity contribution in [1.29, 1.82) is 0 Å². The number of nitro benzene ring substituents is 1. The molecular weight excluding hydrogens is 328 g/mol. The van der Waals surface area contributed by atoms with Gasteiger partial charge in [-0.05, 0) is 6.92 Å². The van der Waals surface area contributed by atoms with Gasteiger partial charge in [-0.3, -0.25) is 10.1 Å². The quantitative estimate of drug-likeness (QED) is 0.618. The third-order valence-corrected chi connectivity index (χ3v) is 3.77. The third-order valence-electron chi connectivity index (χ3n) is 3.77. The van der Waals surface area contributed by atoms with Gasteiger partial charge in [0.25, 0.3) is 5.69 Å². The molecule has 0 saturated carbocycles. The SMILES string of the molecule is CC.COC(=O)N1CC(c2nc(-c3ccc(C)c([N+](=O)[O-])c3)no2)C1. The molecule has 0 aliphatic carbocycles. The largest absolute Gasteiger partial charge is 0.453 e. The molecule has 1 aromatic heterocycles. The van der Waals surface area contributed by atoms with Gasteiger partial charge in [0.1, 0.15) is 0 Å². The van der Waals surface area contributed by atoms with E-state index in [0.717, 1.165) is 0 Å². The fraction of sp³-hybridized carbons (Fsp3) is 0.438. The number of carbonyl (C=O) groups is 1. The van der Waals surface area contributed by atoms with Crippen LogP contribution in [-0.2, 0) is 4.74 Å². The number of aryl methyl sites for hydroxylation is 1. The molecule has 3 rings (SSSR count). The van der Waals surface area contributed by atoms with Crippen molar-refractivity contribution in [2.75, 3.05) is 20.2 Å². The van der Waals surface area contributed by atoms with Crippen LogP contribution in [0.4, 0.5) is 10.5 Å². The maximum absolute atomic E-state index is 11.3. The molecule has 0 N–H and O–H groups in total. The highest BCUT2D eigenvalue weighted by atomic mass is 16.6. The molecule has 9 heteroatoms. The summed E-state index contributed by atoms with van der Waals surface area (Å²) in [5.41, 5.74) is 1.09. The van der Waals surface area contributed by atoms with Crippen LogP contribution in [0.15, 0.2) is 22.7 Å². The third kappa shape index (κ3) is 3.76. The number of benzene rings is 1. The Labute approximate surface area is 144 Å².